The lowest BCUT2D eigenvalue weighted by Gasteiger charge is -2.16. The van der Waals surface area contributed by atoms with Crippen LogP contribution in [0.4, 0.5) is 17.3 Å². The van der Waals surface area contributed by atoms with E-state index >= 15 is 0 Å². The van der Waals surface area contributed by atoms with Gasteiger partial charge in [-0.3, -0.25) is 13.9 Å². The van der Waals surface area contributed by atoms with Crippen LogP contribution in [0.3, 0.4) is 0 Å². The highest BCUT2D eigenvalue weighted by Gasteiger charge is 2.23. The van der Waals surface area contributed by atoms with Gasteiger partial charge in [-0.2, -0.15) is 5.10 Å². The molecule has 1 aromatic carbocycles. The molecule has 0 bridgehead atoms. The van der Waals surface area contributed by atoms with Crippen LogP contribution in [0.25, 0.3) is 27.7 Å². The molecular weight excluding hydrogens is 529 g/mol. The molecule has 194 valence electrons. The minimum atomic E-state index is -0.345. The van der Waals surface area contributed by atoms with Gasteiger partial charge in [-0.25, -0.2) is 9.97 Å². The number of benzene rings is 1. The summed E-state index contributed by atoms with van der Waals surface area (Å²) in [7, 11) is 4.82. The Morgan fingerprint density at radius 2 is 1.82 bits per heavy atom. The van der Waals surface area contributed by atoms with Gasteiger partial charge in [0.1, 0.15) is 28.7 Å². The zero-order chi connectivity index (χ0) is 27.1. The molecule has 5 rings (SSSR count). The molecule has 4 aromatic heterocycles. The molecule has 0 saturated heterocycles. The fourth-order valence-electron chi connectivity index (χ4n) is 4.22. The van der Waals surface area contributed by atoms with Gasteiger partial charge in [0.25, 0.3) is 0 Å². The second kappa shape index (κ2) is 9.88. The number of carbonyl (C=O) groups is 1. The van der Waals surface area contributed by atoms with E-state index in [1.165, 1.54) is 20.3 Å². The molecule has 0 aliphatic rings. The molecule has 1 amide bonds. The van der Waals surface area contributed by atoms with E-state index in [2.05, 4.69) is 27.3 Å². The summed E-state index contributed by atoms with van der Waals surface area (Å²) in [4.78, 5) is 21.2. The van der Waals surface area contributed by atoms with E-state index in [1.807, 2.05) is 29.7 Å². The largest absolute Gasteiger partial charge is 0.495 e. The number of halogens is 2. The topological polar surface area (TPSA) is 108 Å². The maximum absolute atomic E-state index is 11.8. The van der Waals surface area contributed by atoms with Crippen LogP contribution in [0, 0.1) is 6.92 Å². The third-order valence-corrected chi connectivity index (χ3v) is 6.65. The minimum Gasteiger partial charge on any atom is -0.495 e. The van der Waals surface area contributed by atoms with Gasteiger partial charge in [-0.1, -0.05) is 29.8 Å². The summed E-state index contributed by atoms with van der Waals surface area (Å²) in [5, 5.41) is 11.8. The predicted molar refractivity (Wildman–Crippen MR) is 149 cm³/mol. The summed E-state index contributed by atoms with van der Waals surface area (Å²) in [6.07, 6.45) is 6.52. The molecule has 0 spiro atoms. The van der Waals surface area contributed by atoms with Gasteiger partial charge < -0.3 is 20.1 Å². The average Bonchev–Trinajstić information content (AvgIpc) is 3.45. The molecule has 0 atom stereocenters. The number of nitrogens with zero attached hydrogens (tertiary/aromatic N) is 5. The molecule has 10 nitrogen and oxygen atoms in total. The molecule has 5 aromatic rings. The molecule has 12 heteroatoms. The lowest BCUT2D eigenvalue weighted by atomic mass is 10.0. The van der Waals surface area contributed by atoms with Crippen LogP contribution < -0.4 is 20.1 Å². The zero-order valence-corrected chi connectivity index (χ0v) is 22.5. The Labute approximate surface area is 227 Å². The van der Waals surface area contributed by atoms with E-state index in [1.54, 1.807) is 30.2 Å². The highest BCUT2D eigenvalue weighted by Crippen LogP contribution is 2.47. The van der Waals surface area contributed by atoms with Crippen molar-refractivity contribution in [1.29, 1.82) is 0 Å². The van der Waals surface area contributed by atoms with E-state index in [4.69, 9.17) is 37.7 Å². The van der Waals surface area contributed by atoms with Crippen LogP contribution in [0.2, 0.25) is 10.0 Å². The van der Waals surface area contributed by atoms with Crippen molar-refractivity contribution < 1.29 is 14.3 Å². The number of ether oxygens (including phenoxy) is 2. The molecular formula is C26H23Cl2N7O3. The van der Waals surface area contributed by atoms with E-state index in [0.29, 0.717) is 55.6 Å². The summed E-state index contributed by atoms with van der Waals surface area (Å²) in [6, 6.07) is 5.44. The average molecular weight is 552 g/mol. The highest BCUT2D eigenvalue weighted by molar-refractivity contribution is 6.41. The quantitative estimate of drug-likeness (QED) is 0.246. The monoisotopic (exact) mass is 551 g/mol. The molecule has 2 N–H and O–H groups in total. The second-order valence-corrected chi connectivity index (χ2v) is 9.19. The molecule has 0 aliphatic heterocycles. The Morgan fingerprint density at radius 1 is 1.11 bits per heavy atom. The zero-order valence-electron chi connectivity index (χ0n) is 21.0. The number of imidazole rings is 1. The van der Waals surface area contributed by atoms with Crippen molar-refractivity contribution in [2.75, 3.05) is 24.9 Å². The number of carbonyl (C=O) groups excluding carboxylic acids is 1. The van der Waals surface area contributed by atoms with Crippen molar-refractivity contribution in [3.8, 4) is 22.6 Å². The number of anilines is 3. The Morgan fingerprint density at radius 3 is 2.47 bits per heavy atom. The smallest absolute Gasteiger partial charge is 0.247 e. The number of aromatic nitrogens is 5. The van der Waals surface area contributed by atoms with Gasteiger partial charge in [0.05, 0.1) is 41.7 Å². The van der Waals surface area contributed by atoms with Gasteiger partial charge in [-0.15, -0.1) is 0 Å². The van der Waals surface area contributed by atoms with Gasteiger partial charge in [0.15, 0.2) is 5.82 Å². The van der Waals surface area contributed by atoms with Crippen molar-refractivity contribution in [2.24, 2.45) is 7.05 Å². The normalized spacial score (nSPS) is 11.1. The lowest BCUT2D eigenvalue weighted by molar-refractivity contribution is -0.111. The standard InChI is InChI=1S/C26H23Cl2N7O3/c1-6-21(36)31-16-12-34(3)33-25(16)32-20-8-17-14(10-29-20)7-15(26-30-13(2)11-35(17)26)22-23(27)18(37-4)9-19(38-5)24(22)28/h6-12H,1H2,2-5H3,(H,31,36)(H,29,32,33). The van der Waals surface area contributed by atoms with E-state index in [-0.39, 0.29) is 5.91 Å². The first-order valence-corrected chi connectivity index (χ1v) is 12.1. The van der Waals surface area contributed by atoms with Crippen molar-refractivity contribution in [3.63, 3.8) is 0 Å². The number of pyridine rings is 2. The lowest BCUT2D eigenvalue weighted by Crippen LogP contribution is -2.08. The van der Waals surface area contributed by atoms with Crippen molar-refractivity contribution in [1.82, 2.24) is 24.1 Å². The van der Waals surface area contributed by atoms with Crippen LogP contribution in [-0.4, -0.2) is 44.3 Å². The Balaban J connectivity index is 1.67. The summed E-state index contributed by atoms with van der Waals surface area (Å²) in [5.74, 6) is 1.46. The molecule has 0 aliphatic carbocycles. The number of aryl methyl sites for hydroxylation is 2. The van der Waals surface area contributed by atoms with Gasteiger partial charge >= 0.3 is 0 Å². The predicted octanol–water partition coefficient (Wildman–Crippen LogP) is 5.78. The summed E-state index contributed by atoms with van der Waals surface area (Å²) in [5.41, 5.74) is 4.00. The number of hydrogen-bond donors (Lipinski definition) is 2. The Hall–Kier alpha value is -4.28. The fraction of sp³-hybridized carbons (Fsp3) is 0.154. The maximum Gasteiger partial charge on any atom is 0.247 e. The first-order chi connectivity index (χ1) is 18.2. The van der Waals surface area contributed by atoms with Gasteiger partial charge in [0, 0.05) is 48.1 Å². The summed E-state index contributed by atoms with van der Waals surface area (Å²) in [6.45, 7) is 5.39. The fourth-order valence-corrected chi connectivity index (χ4v) is 4.92. The van der Waals surface area contributed by atoms with Crippen LogP contribution in [-0.2, 0) is 11.8 Å². The van der Waals surface area contributed by atoms with Gasteiger partial charge in [-0.05, 0) is 19.1 Å². The van der Waals surface area contributed by atoms with Crippen molar-refractivity contribution in [2.45, 2.75) is 6.92 Å². The number of methoxy groups -OCH3 is 2. The van der Waals surface area contributed by atoms with Gasteiger partial charge in [0.2, 0.25) is 5.91 Å². The van der Waals surface area contributed by atoms with E-state index < -0.39 is 0 Å². The number of rotatable bonds is 7. The maximum atomic E-state index is 11.8. The van der Waals surface area contributed by atoms with E-state index in [9.17, 15) is 4.79 Å². The minimum absolute atomic E-state index is 0.343. The van der Waals surface area contributed by atoms with Crippen LogP contribution in [0.15, 0.2) is 49.4 Å². The van der Waals surface area contributed by atoms with Crippen LogP contribution >= 0.6 is 23.2 Å². The second-order valence-electron chi connectivity index (χ2n) is 8.43. The summed E-state index contributed by atoms with van der Waals surface area (Å²) < 4.78 is 14.5. The molecule has 4 heterocycles. The number of fused-ring (bicyclic) bond motifs is 3. The van der Waals surface area contributed by atoms with E-state index in [0.717, 1.165) is 16.6 Å². The highest BCUT2D eigenvalue weighted by atomic mass is 35.5. The van der Waals surface area contributed by atoms with Crippen molar-refractivity contribution in [3.05, 3.63) is 65.2 Å². The first kappa shape index (κ1) is 25.4. The molecule has 0 fully saturated rings. The Bertz CT molecular complexity index is 1710. The summed E-state index contributed by atoms with van der Waals surface area (Å²) >= 11 is 13.5. The first-order valence-electron chi connectivity index (χ1n) is 11.4. The Kier molecular flexibility index (Phi) is 6.60. The molecule has 0 saturated carbocycles. The number of hydrogen-bond acceptors (Lipinski definition) is 7. The molecule has 0 radical (unpaired) electrons. The third-order valence-electron chi connectivity index (χ3n) is 5.90. The molecule has 0 unspecified atom stereocenters. The number of nitrogens with one attached hydrogen (secondary N) is 2. The van der Waals surface area contributed by atoms with Crippen LogP contribution in [0.1, 0.15) is 5.69 Å². The number of amides is 1. The SMILES string of the molecule is C=CC(=O)Nc1cn(C)nc1Nc1cc2c(cn1)cc(-c1c(Cl)c(OC)cc(OC)c1Cl)c1nc(C)cn12. The third kappa shape index (κ3) is 4.37. The molecule has 38 heavy (non-hydrogen) atoms. The van der Waals surface area contributed by atoms with Crippen LogP contribution in [0.5, 0.6) is 11.5 Å². The van der Waals surface area contributed by atoms with Crippen molar-refractivity contribution >= 4 is 63.0 Å².